The van der Waals surface area contributed by atoms with Crippen LogP contribution in [0.4, 0.5) is 0 Å². The van der Waals surface area contributed by atoms with Crippen LogP contribution >= 0.6 is 0 Å². The molecule has 3 rings (SSSR count). The lowest BCUT2D eigenvalue weighted by molar-refractivity contribution is 0.369. The second-order valence-electron chi connectivity index (χ2n) is 4.81. The molecule has 0 N–H and O–H groups in total. The minimum atomic E-state index is -0.125. The van der Waals surface area contributed by atoms with Crippen LogP contribution in [0.15, 0.2) is 47.0 Å². The van der Waals surface area contributed by atoms with Crippen LogP contribution in [-0.4, -0.2) is 10.1 Å². The molecule has 0 aliphatic rings. The Morgan fingerprint density at radius 1 is 1.20 bits per heavy atom. The van der Waals surface area contributed by atoms with Gasteiger partial charge in [-0.1, -0.05) is 41.6 Å². The summed E-state index contributed by atoms with van der Waals surface area (Å²) in [5, 5.41) is 15.1. The van der Waals surface area contributed by atoms with E-state index in [1.165, 1.54) is 5.39 Å². The Labute approximate surface area is 116 Å². The van der Waals surface area contributed by atoms with Crippen molar-refractivity contribution in [2.45, 2.75) is 13.3 Å². The second-order valence-corrected chi connectivity index (χ2v) is 4.81. The predicted octanol–water partition coefficient (Wildman–Crippen LogP) is 3.59. The molecule has 0 saturated heterocycles. The van der Waals surface area contributed by atoms with Gasteiger partial charge in [-0.25, -0.2) is 0 Å². The quantitative estimate of drug-likeness (QED) is 0.724. The van der Waals surface area contributed by atoms with Crippen molar-refractivity contribution in [1.29, 1.82) is 5.26 Å². The first-order valence-electron chi connectivity index (χ1n) is 6.47. The Kier molecular flexibility index (Phi) is 3.18. The smallest absolute Gasteiger partial charge is 0.228 e. The molecular formula is C16H13N3O. The Bertz CT molecular complexity index is 786. The molecule has 1 atom stereocenters. The number of fused-ring (bicyclic) bond motifs is 1. The number of aromatic nitrogens is 2. The van der Waals surface area contributed by atoms with Crippen LogP contribution in [0.1, 0.15) is 12.8 Å². The van der Waals surface area contributed by atoms with Gasteiger partial charge in [0.15, 0.2) is 0 Å². The fraction of sp³-hybridized carbons (Fsp3) is 0.188. The van der Waals surface area contributed by atoms with E-state index >= 15 is 0 Å². The lowest BCUT2D eigenvalue weighted by Crippen LogP contribution is -1.96. The number of rotatable bonds is 3. The molecule has 1 heterocycles. The highest BCUT2D eigenvalue weighted by molar-refractivity contribution is 5.86. The van der Waals surface area contributed by atoms with Gasteiger partial charge in [0.25, 0.3) is 0 Å². The molecule has 98 valence electrons. The third-order valence-corrected chi connectivity index (χ3v) is 3.18. The molecule has 1 aromatic heterocycles. The molecule has 1 unspecified atom stereocenters. The van der Waals surface area contributed by atoms with Gasteiger partial charge in [-0.05, 0) is 23.8 Å². The van der Waals surface area contributed by atoms with Crippen molar-refractivity contribution in [3.05, 3.63) is 48.4 Å². The number of nitrogens with zero attached hydrogens (tertiary/aromatic N) is 3. The number of benzene rings is 2. The minimum absolute atomic E-state index is 0.125. The van der Waals surface area contributed by atoms with Crippen LogP contribution in [0.3, 0.4) is 0 Å². The van der Waals surface area contributed by atoms with Gasteiger partial charge < -0.3 is 4.52 Å². The van der Waals surface area contributed by atoms with Gasteiger partial charge in [-0.3, -0.25) is 0 Å². The minimum Gasteiger partial charge on any atom is -0.339 e. The van der Waals surface area contributed by atoms with Crippen LogP contribution in [-0.2, 0) is 6.42 Å². The number of hydrogen-bond donors (Lipinski definition) is 0. The van der Waals surface area contributed by atoms with Crippen molar-refractivity contribution in [3.8, 4) is 17.5 Å². The molecule has 2 aromatic carbocycles. The maximum Gasteiger partial charge on any atom is 0.228 e. The van der Waals surface area contributed by atoms with E-state index in [1.807, 2.05) is 37.3 Å². The van der Waals surface area contributed by atoms with Crippen LogP contribution in [0, 0.1) is 17.2 Å². The molecule has 0 aliphatic heterocycles. The SMILES string of the molecule is CC(C#N)Cc1nc(-c2ccc3ccccc3c2)no1. The zero-order valence-electron chi connectivity index (χ0n) is 11.1. The van der Waals surface area contributed by atoms with Crippen LogP contribution < -0.4 is 0 Å². The summed E-state index contributed by atoms with van der Waals surface area (Å²) in [6.07, 6.45) is 0.483. The standard InChI is InChI=1S/C16H13N3O/c1-11(10-17)8-15-18-16(19-20-15)14-7-6-12-4-2-3-5-13(12)9-14/h2-7,9,11H,8H2,1H3. The first-order valence-corrected chi connectivity index (χ1v) is 6.47. The maximum atomic E-state index is 8.80. The highest BCUT2D eigenvalue weighted by Gasteiger charge is 2.11. The van der Waals surface area contributed by atoms with E-state index < -0.39 is 0 Å². The average Bonchev–Trinajstić information content (AvgIpc) is 2.95. The molecule has 0 fully saturated rings. The van der Waals surface area contributed by atoms with Crippen molar-refractivity contribution < 1.29 is 4.52 Å². The van der Waals surface area contributed by atoms with Gasteiger partial charge >= 0.3 is 0 Å². The third-order valence-electron chi connectivity index (χ3n) is 3.18. The molecule has 0 amide bonds. The topological polar surface area (TPSA) is 62.7 Å². The summed E-state index contributed by atoms with van der Waals surface area (Å²) in [6, 6.07) is 16.3. The molecule has 0 spiro atoms. The molecule has 4 heteroatoms. The summed E-state index contributed by atoms with van der Waals surface area (Å²) in [5.41, 5.74) is 0.920. The van der Waals surface area contributed by atoms with Gasteiger partial charge in [0.1, 0.15) is 0 Å². The van der Waals surface area contributed by atoms with Crippen molar-refractivity contribution in [1.82, 2.24) is 10.1 Å². The highest BCUT2D eigenvalue weighted by Crippen LogP contribution is 2.22. The first-order chi connectivity index (χ1) is 9.76. The molecular weight excluding hydrogens is 250 g/mol. The zero-order valence-corrected chi connectivity index (χ0v) is 11.1. The van der Waals surface area contributed by atoms with Crippen molar-refractivity contribution in [2.75, 3.05) is 0 Å². The molecule has 0 bridgehead atoms. The first kappa shape index (κ1) is 12.4. The van der Waals surface area contributed by atoms with E-state index in [-0.39, 0.29) is 5.92 Å². The lowest BCUT2D eigenvalue weighted by atomic mass is 10.1. The average molecular weight is 263 g/mol. The molecule has 20 heavy (non-hydrogen) atoms. The van der Waals surface area contributed by atoms with E-state index in [2.05, 4.69) is 28.3 Å². The second kappa shape index (κ2) is 5.14. The summed E-state index contributed by atoms with van der Waals surface area (Å²) in [4.78, 5) is 4.35. The fourth-order valence-electron chi connectivity index (χ4n) is 2.09. The highest BCUT2D eigenvalue weighted by atomic mass is 16.5. The van der Waals surface area contributed by atoms with Gasteiger partial charge in [-0.2, -0.15) is 10.2 Å². The summed E-state index contributed by atoms with van der Waals surface area (Å²) >= 11 is 0. The fourth-order valence-corrected chi connectivity index (χ4v) is 2.09. The third kappa shape index (κ3) is 2.39. The molecule has 0 radical (unpaired) electrons. The predicted molar refractivity (Wildman–Crippen MR) is 75.7 cm³/mol. The summed E-state index contributed by atoms with van der Waals surface area (Å²) in [7, 11) is 0. The van der Waals surface area contributed by atoms with Crippen molar-refractivity contribution in [3.63, 3.8) is 0 Å². The monoisotopic (exact) mass is 263 g/mol. The molecule has 0 aliphatic carbocycles. The Balaban J connectivity index is 1.93. The Hall–Kier alpha value is -2.67. The molecule has 0 saturated carbocycles. The van der Waals surface area contributed by atoms with Crippen LogP contribution in [0.25, 0.3) is 22.2 Å². The normalized spacial score (nSPS) is 12.2. The van der Waals surface area contributed by atoms with Crippen molar-refractivity contribution >= 4 is 10.8 Å². The largest absolute Gasteiger partial charge is 0.339 e. The number of nitriles is 1. The maximum absolute atomic E-state index is 8.80. The molecule has 3 aromatic rings. The van der Waals surface area contributed by atoms with E-state index in [4.69, 9.17) is 9.78 Å². The van der Waals surface area contributed by atoms with E-state index in [0.717, 1.165) is 10.9 Å². The number of hydrogen-bond acceptors (Lipinski definition) is 4. The van der Waals surface area contributed by atoms with E-state index in [9.17, 15) is 0 Å². The van der Waals surface area contributed by atoms with Gasteiger partial charge in [0.05, 0.1) is 12.0 Å². The van der Waals surface area contributed by atoms with E-state index in [0.29, 0.717) is 18.1 Å². The zero-order chi connectivity index (χ0) is 13.9. The summed E-state index contributed by atoms with van der Waals surface area (Å²) in [5.74, 6) is 0.943. The van der Waals surface area contributed by atoms with Crippen LogP contribution in [0.5, 0.6) is 0 Å². The summed E-state index contributed by atoms with van der Waals surface area (Å²) < 4.78 is 5.19. The van der Waals surface area contributed by atoms with Crippen LogP contribution in [0.2, 0.25) is 0 Å². The Morgan fingerprint density at radius 3 is 2.80 bits per heavy atom. The lowest BCUT2D eigenvalue weighted by Gasteiger charge is -1.99. The molecule has 4 nitrogen and oxygen atoms in total. The van der Waals surface area contributed by atoms with Gasteiger partial charge in [-0.15, -0.1) is 0 Å². The Morgan fingerprint density at radius 2 is 2.00 bits per heavy atom. The van der Waals surface area contributed by atoms with Gasteiger partial charge in [0, 0.05) is 12.0 Å². The van der Waals surface area contributed by atoms with E-state index in [1.54, 1.807) is 0 Å². The summed E-state index contributed by atoms with van der Waals surface area (Å²) in [6.45, 7) is 1.83. The van der Waals surface area contributed by atoms with Gasteiger partial charge in [0.2, 0.25) is 11.7 Å². The van der Waals surface area contributed by atoms with Crippen molar-refractivity contribution in [2.24, 2.45) is 5.92 Å².